The summed E-state index contributed by atoms with van der Waals surface area (Å²) in [4.78, 5) is 32.0. The summed E-state index contributed by atoms with van der Waals surface area (Å²) in [5.74, 6) is -0.461. The molecular formula is C16H25BrN2O5. The van der Waals surface area contributed by atoms with Gasteiger partial charge in [0.05, 0.1) is 6.54 Å². The number of carbonyl (C=O) groups excluding carboxylic acids is 2. The second-order valence-electron chi connectivity index (χ2n) is 8.28. The van der Waals surface area contributed by atoms with Crippen LogP contribution in [-0.4, -0.2) is 51.0 Å². The van der Waals surface area contributed by atoms with E-state index in [0.29, 0.717) is 17.5 Å². The van der Waals surface area contributed by atoms with Crippen LogP contribution in [0.3, 0.4) is 0 Å². The predicted molar refractivity (Wildman–Crippen MR) is 92.0 cm³/mol. The van der Waals surface area contributed by atoms with Crippen LogP contribution in [0.25, 0.3) is 0 Å². The highest BCUT2D eigenvalue weighted by Gasteiger charge is 2.55. The minimum atomic E-state index is -0.757. The zero-order chi connectivity index (χ0) is 18.3. The largest absolute Gasteiger partial charge is 0.458 e. The van der Waals surface area contributed by atoms with E-state index in [-0.39, 0.29) is 6.54 Å². The van der Waals surface area contributed by atoms with E-state index in [1.807, 2.05) is 0 Å². The molecule has 0 aliphatic carbocycles. The van der Waals surface area contributed by atoms with Gasteiger partial charge in [-0.2, -0.15) is 0 Å². The molecule has 1 fully saturated rings. The molecule has 136 valence electrons. The first kappa shape index (κ1) is 19.0. The topological polar surface area (TPSA) is 77.4 Å². The van der Waals surface area contributed by atoms with Crippen molar-refractivity contribution in [1.82, 2.24) is 4.90 Å². The molecule has 0 bridgehead atoms. The van der Waals surface area contributed by atoms with Crippen LogP contribution in [0.15, 0.2) is 5.16 Å². The molecule has 2 atom stereocenters. The molecule has 0 aromatic rings. The van der Waals surface area contributed by atoms with Gasteiger partial charge in [0, 0.05) is 12.8 Å². The highest BCUT2D eigenvalue weighted by atomic mass is 79.9. The van der Waals surface area contributed by atoms with Crippen LogP contribution in [0.2, 0.25) is 0 Å². The molecule has 0 radical (unpaired) electrons. The number of likely N-dealkylation sites (tertiary alicyclic amines) is 1. The Labute approximate surface area is 150 Å². The van der Waals surface area contributed by atoms with Gasteiger partial charge in [0.1, 0.15) is 21.9 Å². The molecule has 0 N–H and O–H groups in total. The van der Waals surface area contributed by atoms with Gasteiger partial charge >= 0.3 is 12.1 Å². The first-order chi connectivity index (χ1) is 10.8. The number of nitrogens with zero attached hydrogens (tertiary/aromatic N) is 2. The molecule has 2 aliphatic rings. The van der Waals surface area contributed by atoms with E-state index in [1.165, 1.54) is 4.90 Å². The number of rotatable bonds is 1. The van der Waals surface area contributed by atoms with Crippen molar-refractivity contribution in [3.8, 4) is 0 Å². The zero-order valence-electron chi connectivity index (χ0n) is 15.0. The number of halogens is 1. The minimum absolute atomic E-state index is 0.227. The second kappa shape index (κ2) is 6.20. The average Bonchev–Trinajstić information content (AvgIpc) is 2.90. The lowest BCUT2D eigenvalue weighted by Gasteiger charge is -2.29. The Kier molecular flexibility index (Phi) is 4.92. The lowest BCUT2D eigenvalue weighted by Crippen LogP contribution is -2.46. The van der Waals surface area contributed by atoms with Crippen LogP contribution >= 0.6 is 15.9 Å². The Morgan fingerprint density at radius 3 is 2.25 bits per heavy atom. The van der Waals surface area contributed by atoms with Gasteiger partial charge in [-0.15, -0.1) is 0 Å². The van der Waals surface area contributed by atoms with Gasteiger partial charge in [-0.1, -0.05) is 5.16 Å². The summed E-state index contributed by atoms with van der Waals surface area (Å²) in [6, 6.07) is -0.757. The molecular weight excluding hydrogens is 380 g/mol. The maximum Gasteiger partial charge on any atom is 0.411 e. The van der Waals surface area contributed by atoms with Crippen molar-refractivity contribution in [2.75, 3.05) is 6.54 Å². The number of carbonyl (C=O) groups is 2. The van der Waals surface area contributed by atoms with Gasteiger partial charge in [-0.3, -0.25) is 4.90 Å². The van der Waals surface area contributed by atoms with Crippen molar-refractivity contribution in [3.05, 3.63) is 0 Å². The summed E-state index contributed by atoms with van der Waals surface area (Å²) in [6.07, 6.45) is 0.271. The number of hydrogen-bond acceptors (Lipinski definition) is 6. The number of hydrogen-bond donors (Lipinski definition) is 0. The summed E-state index contributed by atoms with van der Waals surface area (Å²) < 4.78 is 11.6. The quantitative estimate of drug-likeness (QED) is 0.627. The SMILES string of the molecule is CC(C)(C)OC(=O)[C@H]1CC2(CC(Br)=NO2)CN1C(=O)OC(C)(C)C. The summed E-state index contributed by atoms with van der Waals surface area (Å²) in [7, 11) is 0. The summed E-state index contributed by atoms with van der Waals surface area (Å²) in [5, 5.41) is 3.91. The van der Waals surface area contributed by atoms with Gasteiger partial charge in [0.2, 0.25) is 0 Å². The second-order valence-corrected chi connectivity index (χ2v) is 9.20. The van der Waals surface area contributed by atoms with E-state index in [2.05, 4.69) is 21.1 Å². The Balaban J connectivity index is 2.20. The normalized spacial score (nSPS) is 27.0. The number of esters is 1. The third kappa shape index (κ3) is 4.62. The zero-order valence-corrected chi connectivity index (χ0v) is 16.6. The summed E-state index contributed by atoms with van der Waals surface area (Å²) in [6.45, 7) is 10.9. The van der Waals surface area contributed by atoms with E-state index < -0.39 is 34.9 Å². The van der Waals surface area contributed by atoms with Crippen LogP contribution in [0.4, 0.5) is 4.79 Å². The van der Waals surface area contributed by atoms with E-state index in [0.717, 1.165) is 0 Å². The Bertz CT molecular complexity index is 526. The summed E-state index contributed by atoms with van der Waals surface area (Å²) >= 11 is 3.31. The van der Waals surface area contributed by atoms with Crippen LogP contribution in [0.5, 0.6) is 0 Å². The summed E-state index contributed by atoms with van der Waals surface area (Å²) in [5.41, 5.74) is -2.00. The van der Waals surface area contributed by atoms with E-state index in [1.54, 1.807) is 41.5 Å². The molecule has 1 amide bonds. The molecule has 2 rings (SSSR count). The maximum atomic E-state index is 12.6. The predicted octanol–water partition coefficient (Wildman–Crippen LogP) is 3.21. The van der Waals surface area contributed by atoms with Crippen LogP contribution in [0.1, 0.15) is 54.4 Å². The molecule has 1 unspecified atom stereocenters. The van der Waals surface area contributed by atoms with Crippen molar-refractivity contribution in [1.29, 1.82) is 0 Å². The van der Waals surface area contributed by atoms with Gasteiger partial charge in [0.25, 0.3) is 0 Å². The number of ether oxygens (including phenoxy) is 2. The minimum Gasteiger partial charge on any atom is -0.458 e. The average molecular weight is 405 g/mol. The third-order valence-corrected chi connectivity index (χ3v) is 3.94. The van der Waals surface area contributed by atoms with Crippen molar-refractivity contribution in [3.63, 3.8) is 0 Å². The molecule has 2 heterocycles. The highest BCUT2D eigenvalue weighted by molar-refractivity contribution is 9.18. The molecule has 0 saturated carbocycles. The van der Waals surface area contributed by atoms with Crippen LogP contribution in [-0.2, 0) is 19.1 Å². The molecule has 0 aromatic carbocycles. The standard InChI is InChI=1S/C16H25BrN2O5/c1-14(2,3)22-12(20)10-7-16(8-11(17)18-24-16)9-19(10)13(21)23-15(4,5)6/h10H,7-9H2,1-6H3/t10-,16?/m1/s1. The highest BCUT2D eigenvalue weighted by Crippen LogP contribution is 2.39. The van der Waals surface area contributed by atoms with E-state index in [4.69, 9.17) is 14.3 Å². The van der Waals surface area contributed by atoms with Crippen molar-refractivity contribution in [2.24, 2.45) is 5.16 Å². The molecule has 24 heavy (non-hydrogen) atoms. The van der Waals surface area contributed by atoms with Crippen LogP contribution in [0, 0.1) is 0 Å². The first-order valence-corrected chi connectivity index (χ1v) is 8.73. The maximum absolute atomic E-state index is 12.6. The number of oxime groups is 1. The molecule has 1 saturated heterocycles. The number of amides is 1. The Morgan fingerprint density at radius 1 is 1.21 bits per heavy atom. The fourth-order valence-electron chi connectivity index (χ4n) is 2.71. The van der Waals surface area contributed by atoms with E-state index >= 15 is 0 Å². The monoisotopic (exact) mass is 404 g/mol. The van der Waals surface area contributed by atoms with E-state index in [9.17, 15) is 9.59 Å². The molecule has 1 spiro atoms. The third-order valence-electron chi connectivity index (χ3n) is 3.51. The molecule has 7 nitrogen and oxygen atoms in total. The molecule has 0 aromatic heterocycles. The van der Waals surface area contributed by atoms with Crippen LogP contribution < -0.4 is 0 Å². The van der Waals surface area contributed by atoms with Gasteiger partial charge < -0.3 is 14.3 Å². The van der Waals surface area contributed by atoms with Crippen molar-refractivity contribution in [2.45, 2.75) is 77.2 Å². The molecule has 8 heteroatoms. The Hall–Kier alpha value is -1.31. The van der Waals surface area contributed by atoms with Gasteiger partial charge in [-0.25, -0.2) is 9.59 Å². The lowest BCUT2D eigenvalue weighted by atomic mass is 9.97. The lowest BCUT2D eigenvalue weighted by molar-refractivity contribution is -0.160. The fraction of sp³-hybridized carbons (Fsp3) is 0.812. The smallest absolute Gasteiger partial charge is 0.411 e. The Morgan fingerprint density at radius 2 is 1.79 bits per heavy atom. The van der Waals surface area contributed by atoms with Crippen molar-refractivity contribution >= 4 is 32.6 Å². The van der Waals surface area contributed by atoms with Crippen molar-refractivity contribution < 1.29 is 23.9 Å². The molecule has 2 aliphatic heterocycles. The fourth-order valence-corrected chi connectivity index (χ4v) is 3.29. The van der Waals surface area contributed by atoms with Gasteiger partial charge in [-0.05, 0) is 57.5 Å². The van der Waals surface area contributed by atoms with Gasteiger partial charge in [0.15, 0.2) is 5.60 Å². The first-order valence-electron chi connectivity index (χ1n) is 7.93.